The fourth-order valence-corrected chi connectivity index (χ4v) is 5.10. The van der Waals surface area contributed by atoms with Gasteiger partial charge in [0.25, 0.3) is 6.01 Å². The van der Waals surface area contributed by atoms with E-state index in [4.69, 9.17) is 4.42 Å². The molecule has 0 bridgehead atoms. The highest BCUT2D eigenvalue weighted by molar-refractivity contribution is 7.91. The third-order valence-electron chi connectivity index (χ3n) is 5.09. The molecule has 0 amide bonds. The van der Waals surface area contributed by atoms with E-state index in [0.29, 0.717) is 27.4 Å². The maximum absolute atomic E-state index is 13.3. The molecule has 2 heterocycles. The van der Waals surface area contributed by atoms with Gasteiger partial charge in [0, 0.05) is 37.6 Å². The lowest BCUT2D eigenvalue weighted by Gasteiger charge is -2.25. The average Bonchev–Trinajstić information content (AvgIpc) is 3.17. The molecule has 1 fully saturated rings. The molecule has 0 atom stereocenters. The summed E-state index contributed by atoms with van der Waals surface area (Å²) in [5.41, 5.74) is 1.14. The van der Waals surface area contributed by atoms with Crippen molar-refractivity contribution in [3.05, 3.63) is 60.7 Å². The van der Waals surface area contributed by atoms with Gasteiger partial charge in [0.1, 0.15) is 5.52 Å². The molecule has 1 aliphatic heterocycles. The van der Waals surface area contributed by atoms with E-state index in [1.807, 2.05) is 30.3 Å². The van der Waals surface area contributed by atoms with Crippen LogP contribution in [-0.4, -0.2) is 39.6 Å². The average molecular weight is 466 g/mol. The Hall–Kier alpha value is -2.32. The van der Waals surface area contributed by atoms with E-state index < -0.39 is 9.84 Å². The Bertz CT molecular complexity index is 1280. The number of oxazole rings is 1. The summed E-state index contributed by atoms with van der Waals surface area (Å²) in [6, 6.07) is 18.2. The molecule has 6 nitrogen and oxygen atoms in total. The maximum Gasteiger partial charge on any atom is 0.298 e. The maximum atomic E-state index is 13.3. The molecule has 3 aromatic carbocycles. The highest BCUT2D eigenvalue weighted by Gasteiger charge is 2.22. The van der Waals surface area contributed by atoms with E-state index in [-0.39, 0.29) is 29.7 Å². The molecule has 5 rings (SSSR count). The highest BCUT2D eigenvalue weighted by Crippen LogP contribution is 2.31. The Morgan fingerprint density at radius 3 is 2.47 bits per heavy atom. The third kappa shape index (κ3) is 3.86. The molecule has 0 aliphatic carbocycles. The van der Waals surface area contributed by atoms with E-state index in [0.717, 1.165) is 31.6 Å². The van der Waals surface area contributed by atoms with Crippen LogP contribution >= 0.6 is 24.8 Å². The Morgan fingerprint density at radius 1 is 0.933 bits per heavy atom. The normalized spacial score (nSPS) is 14.3. The SMILES string of the molecule is Cl.Cl.O=S(=O)(c1ccc2nc(N3CCNCC3)oc2c1)c1cccc2ccccc12. The van der Waals surface area contributed by atoms with Crippen LogP contribution < -0.4 is 10.2 Å². The predicted molar refractivity (Wildman–Crippen MR) is 123 cm³/mol. The second kappa shape index (κ2) is 8.81. The van der Waals surface area contributed by atoms with Crippen LogP contribution in [0.2, 0.25) is 0 Å². The summed E-state index contributed by atoms with van der Waals surface area (Å²) < 4.78 is 32.5. The number of anilines is 1. The van der Waals surface area contributed by atoms with Crippen LogP contribution in [0.3, 0.4) is 0 Å². The number of hydrogen-bond donors (Lipinski definition) is 1. The van der Waals surface area contributed by atoms with Gasteiger partial charge in [-0.3, -0.25) is 0 Å². The van der Waals surface area contributed by atoms with E-state index in [1.165, 1.54) is 0 Å². The summed E-state index contributed by atoms with van der Waals surface area (Å²) in [6.45, 7) is 3.38. The lowest BCUT2D eigenvalue weighted by atomic mass is 10.1. The van der Waals surface area contributed by atoms with Crippen LogP contribution in [0.15, 0.2) is 74.9 Å². The minimum atomic E-state index is -3.68. The van der Waals surface area contributed by atoms with Crippen LogP contribution in [0.4, 0.5) is 6.01 Å². The van der Waals surface area contributed by atoms with E-state index in [2.05, 4.69) is 15.2 Å². The molecule has 0 radical (unpaired) electrons. The van der Waals surface area contributed by atoms with Crippen molar-refractivity contribution in [1.82, 2.24) is 10.3 Å². The first-order valence-corrected chi connectivity index (χ1v) is 10.7. The van der Waals surface area contributed by atoms with E-state index >= 15 is 0 Å². The number of fused-ring (bicyclic) bond motifs is 2. The van der Waals surface area contributed by atoms with Crippen LogP contribution in [-0.2, 0) is 9.84 Å². The summed E-state index contributed by atoms with van der Waals surface area (Å²) in [5.74, 6) is 0. The quantitative estimate of drug-likeness (QED) is 0.491. The fraction of sp³-hybridized carbons (Fsp3) is 0.190. The van der Waals surface area contributed by atoms with Gasteiger partial charge in [-0.2, -0.15) is 4.98 Å². The van der Waals surface area contributed by atoms with Gasteiger partial charge in [0.05, 0.1) is 9.79 Å². The Balaban J connectivity index is 0.00000128. The standard InChI is InChI=1S/C21H19N3O3S.2ClH/c25-28(26,20-7-3-5-15-4-1-2-6-17(15)20)16-8-9-18-19(14-16)27-21(23-18)24-12-10-22-11-13-24;;/h1-9,14,22H,10-13H2;2*1H. The molecule has 30 heavy (non-hydrogen) atoms. The van der Waals surface area contributed by atoms with Crippen molar-refractivity contribution in [1.29, 1.82) is 0 Å². The fourth-order valence-electron chi connectivity index (χ4n) is 3.61. The van der Waals surface area contributed by atoms with Gasteiger partial charge in [0.15, 0.2) is 5.58 Å². The van der Waals surface area contributed by atoms with Gasteiger partial charge in [0.2, 0.25) is 9.84 Å². The van der Waals surface area contributed by atoms with Crippen molar-refractivity contribution in [3.63, 3.8) is 0 Å². The lowest BCUT2D eigenvalue weighted by Crippen LogP contribution is -2.43. The molecule has 1 aliphatic rings. The molecule has 4 aromatic rings. The molecule has 1 aromatic heterocycles. The summed E-state index contributed by atoms with van der Waals surface area (Å²) in [6.07, 6.45) is 0. The van der Waals surface area contributed by atoms with Crippen LogP contribution in [0.1, 0.15) is 0 Å². The molecule has 0 unspecified atom stereocenters. The van der Waals surface area contributed by atoms with Gasteiger partial charge < -0.3 is 14.6 Å². The van der Waals surface area contributed by atoms with Crippen molar-refractivity contribution in [3.8, 4) is 0 Å². The third-order valence-corrected chi connectivity index (χ3v) is 6.90. The van der Waals surface area contributed by atoms with Gasteiger partial charge >= 0.3 is 0 Å². The highest BCUT2D eigenvalue weighted by atomic mass is 35.5. The van der Waals surface area contributed by atoms with Gasteiger partial charge in [-0.1, -0.05) is 36.4 Å². The largest absolute Gasteiger partial charge is 0.423 e. The number of halogens is 2. The first kappa shape index (κ1) is 22.4. The molecular weight excluding hydrogens is 445 g/mol. The van der Waals surface area contributed by atoms with E-state index in [9.17, 15) is 8.42 Å². The van der Waals surface area contributed by atoms with Crippen molar-refractivity contribution < 1.29 is 12.8 Å². The second-order valence-corrected chi connectivity index (χ2v) is 8.76. The van der Waals surface area contributed by atoms with Gasteiger partial charge in [-0.15, -0.1) is 24.8 Å². The smallest absolute Gasteiger partial charge is 0.298 e. The van der Waals surface area contributed by atoms with E-state index in [1.54, 1.807) is 30.3 Å². The minimum Gasteiger partial charge on any atom is -0.423 e. The number of rotatable bonds is 3. The number of hydrogen-bond acceptors (Lipinski definition) is 6. The molecule has 9 heteroatoms. The zero-order chi connectivity index (χ0) is 19.1. The number of nitrogens with zero attached hydrogens (tertiary/aromatic N) is 2. The Labute approximate surface area is 187 Å². The van der Waals surface area contributed by atoms with Gasteiger partial charge in [-0.05, 0) is 23.6 Å². The molecule has 0 spiro atoms. The van der Waals surface area contributed by atoms with Crippen LogP contribution in [0, 0.1) is 0 Å². The Morgan fingerprint density at radius 2 is 1.67 bits per heavy atom. The summed E-state index contributed by atoms with van der Waals surface area (Å²) in [7, 11) is -3.68. The molecule has 1 saturated heterocycles. The number of benzene rings is 3. The molecule has 158 valence electrons. The number of aromatic nitrogens is 1. The zero-order valence-electron chi connectivity index (χ0n) is 15.9. The molecule has 1 N–H and O–H groups in total. The lowest BCUT2D eigenvalue weighted by molar-refractivity contribution is 0.517. The van der Waals surface area contributed by atoms with Crippen molar-refractivity contribution >= 4 is 62.5 Å². The van der Waals surface area contributed by atoms with Crippen LogP contribution in [0.5, 0.6) is 0 Å². The predicted octanol–water partition coefficient (Wildman–Crippen LogP) is 4.07. The summed E-state index contributed by atoms with van der Waals surface area (Å²) >= 11 is 0. The number of piperazine rings is 1. The van der Waals surface area contributed by atoms with Crippen molar-refractivity contribution in [2.45, 2.75) is 9.79 Å². The van der Waals surface area contributed by atoms with Crippen LogP contribution in [0.25, 0.3) is 21.9 Å². The van der Waals surface area contributed by atoms with Crippen molar-refractivity contribution in [2.75, 3.05) is 31.1 Å². The van der Waals surface area contributed by atoms with Gasteiger partial charge in [-0.25, -0.2) is 8.42 Å². The summed E-state index contributed by atoms with van der Waals surface area (Å²) in [4.78, 5) is 7.09. The zero-order valence-corrected chi connectivity index (χ0v) is 18.4. The minimum absolute atomic E-state index is 0. The monoisotopic (exact) mass is 465 g/mol. The summed E-state index contributed by atoms with van der Waals surface area (Å²) in [5, 5.41) is 4.90. The van der Waals surface area contributed by atoms with Crippen molar-refractivity contribution in [2.24, 2.45) is 0 Å². The topological polar surface area (TPSA) is 75.4 Å². The molecule has 0 saturated carbocycles. The Kier molecular flexibility index (Phi) is 6.57. The first-order chi connectivity index (χ1) is 13.6. The number of nitrogens with one attached hydrogen (secondary N) is 1. The molecular formula is C21H21Cl2N3O3S. The first-order valence-electron chi connectivity index (χ1n) is 9.22. The second-order valence-electron chi connectivity index (χ2n) is 6.84. The number of sulfone groups is 1.